The summed E-state index contributed by atoms with van der Waals surface area (Å²) in [6.07, 6.45) is 2.09. The van der Waals surface area contributed by atoms with Gasteiger partial charge >= 0.3 is 5.97 Å². The molecule has 20 heavy (non-hydrogen) atoms. The molecule has 1 fully saturated rings. The van der Waals surface area contributed by atoms with Gasteiger partial charge in [-0.1, -0.05) is 18.9 Å². The predicted octanol–water partition coefficient (Wildman–Crippen LogP) is 1.79. The molecule has 5 nitrogen and oxygen atoms in total. The van der Waals surface area contributed by atoms with E-state index in [1.165, 1.54) is 12.1 Å². The normalized spacial score (nSPS) is 16.9. The molecule has 0 aliphatic heterocycles. The molecule has 108 valence electrons. The number of carboxylic acids is 1. The molecule has 3 N–H and O–H groups in total. The van der Waals surface area contributed by atoms with Crippen molar-refractivity contribution in [3.63, 3.8) is 0 Å². The fourth-order valence-corrected chi connectivity index (χ4v) is 2.53. The van der Waals surface area contributed by atoms with Crippen molar-refractivity contribution in [1.82, 2.24) is 5.32 Å². The molecule has 0 saturated heterocycles. The van der Waals surface area contributed by atoms with Gasteiger partial charge in [0.1, 0.15) is 5.41 Å². The van der Waals surface area contributed by atoms with Crippen LogP contribution in [0.15, 0.2) is 18.2 Å². The first-order valence-electron chi connectivity index (χ1n) is 6.45. The maximum absolute atomic E-state index is 13.2. The quantitative estimate of drug-likeness (QED) is 0.734. The lowest BCUT2D eigenvalue weighted by atomic mass is 9.85. The molecule has 1 aliphatic carbocycles. The monoisotopic (exact) mass is 281 g/mol. The molecule has 0 atom stereocenters. The van der Waals surface area contributed by atoms with Crippen LogP contribution in [0.2, 0.25) is 0 Å². The van der Waals surface area contributed by atoms with E-state index in [0.717, 1.165) is 6.07 Å². The molecule has 1 saturated carbocycles. The minimum atomic E-state index is -1.35. The Morgan fingerprint density at radius 3 is 2.50 bits per heavy atom. The van der Waals surface area contributed by atoms with Gasteiger partial charge in [-0.25, -0.2) is 4.39 Å². The lowest BCUT2D eigenvalue weighted by molar-refractivity contribution is -0.155. The summed E-state index contributed by atoms with van der Waals surface area (Å²) >= 11 is 0. The zero-order valence-corrected chi connectivity index (χ0v) is 10.9. The van der Waals surface area contributed by atoms with Gasteiger partial charge in [-0.3, -0.25) is 9.59 Å². The van der Waals surface area contributed by atoms with E-state index in [0.29, 0.717) is 31.2 Å². The number of carbonyl (C=O) groups excluding carboxylic acids is 1. The van der Waals surface area contributed by atoms with E-state index in [1.807, 2.05) is 0 Å². The lowest BCUT2D eigenvalue weighted by Gasteiger charge is -2.22. The molecule has 1 amide bonds. The van der Waals surface area contributed by atoms with Gasteiger partial charge in [0.25, 0.3) is 0 Å². The minimum absolute atomic E-state index is 0.0328. The Kier molecular flexibility index (Phi) is 3.92. The van der Waals surface area contributed by atoms with Crippen LogP contribution in [-0.4, -0.2) is 22.1 Å². The number of phenolic OH excluding ortho intramolecular Hbond substituents is 1. The SMILES string of the molecule is O=C(O)C1(C(=O)NCc2ccc(O)c(F)c2)CCCC1. The fourth-order valence-electron chi connectivity index (χ4n) is 2.53. The summed E-state index contributed by atoms with van der Waals surface area (Å²) in [5, 5.41) is 20.9. The van der Waals surface area contributed by atoms with E-state index in [9.17, 15) is 19.1 Å². The number of amides is 1. The third-order valence-corrected chi connectivity index (χ3v) is 3.77. The van der Waals surface area contributed by atoms with Crippen LogP contribution in [-0.2, 0) is 16.1 Å². The number of hydrogen-bond acceptors (Lipinski definition) is 3. The smallest absolute Gasteiger partial charge is 0.319 e. The Bertz CT molecular complexity index is 538. The average Bonchev–Trinajstić information content (AvgIpc) is 2.90. The van der Waals surface area contributed by atoms with Crippen LogP contribution in [0.3, 0.4) is 0 Å². The van der Waals surface area contributed by atoms with Gasteiger partial charge < -0.3 is 15.5 Å². The van der Waals surface area contributed by atoms with Gasteiger partial charge in [-0.15, -0.1) is 0 Å². The van der Waals surface area contributed by atoms with Crippen molar-refractivity contribution in [1.29, 1.82) is 0 Å². The number of rotatable bonds is 4. The highest BCUT2D eigenvalue weighted by molar-refractivity contribution is 6.02. The van der Waals surface area contributed by atoms with Crippen molar-refractivity contribution in [2.75, 3.05) is 0 Å². The molecular formula is C14H16FNO4. The predicted molar refractivity (Wildman–Crippen MR) is 68.4 cm³/mol. The van der Waals surface area contributed by atoms with Gasteiger partial charge in [0.2, 0.25) is 5.91 Å². The van der Waals surface area contributed by atoms with E-state index >= 15 is 0 Å². The van der Waals surface area contributed by atoms with Gasteiger partial charge in [0, 0.05) is 6.54 Å². The molecule has 0 heterocycles. The van der Waals surface area contributed by atoms with Crippen molar-refractivity contribution in [2.45, 2.75) is 32.2 Å². The van der Waals surface area contributed by atoms with Crippen LogP contribution in [0.4, 0.5) is 4.39 Å². The molecule has 0 radical (unpaired) electrons. The summed E-state index contributed by atoms with van der Waals surface area (Å²) in [5.41, 5.74) is -0.887. The van der Waals surface area contributed by atoms with Crippen molar-refractivity contribution >= 4 is 11.9 Å². The van der Waals surface area contributed by atoms with E-state index in [4.69, 9.17) is 5.11 Å². The number of carbonyl (C=O) groups is 2. The van der Waals surface area contributed by atoms with E-state index in [1.54, 1.807) is 0 Å². The van der Waals surface area contributed by atoms with Crippen LogP contribution in [0.1, 0.15) is 31.2 Å². The summed E-state index contributed by atoms with van der Waals surface area (Å²) in [6, 6.07) is 3.78. The standard InChI is InChI=1S/C14H16FNO4/c15-10-7-9(3-4-11(10)17)8-16-12(18)14(13(19)20)5-1-2-6-14/h3-4,7,17H,1-2,5-6,8H2,(H,16,18)(H,19,20). The number of aromatic hydroxyl groups is 1. The number of carboxylic acid groups (broad SMARTS) is 1. The summed E-state index contributed by atoms with van der Waals surface area (Å²) in [7, 11) is 0. The van der Waals surface area contributed by atoms with Crippen LogP contribution in [0, 0.1) is 11.2 Å². The second-order valence-electron chi connectivity index (χ2n) is 5.06. The van der Waals surface area contributed by atoms with Gasteiger partial charge in [-0.05, 0) is 30.5 Å². The number of phenols is 1. The summed E-state index contributed by atoms with van der Waals surface area (Å²) in [5.74, 6) is -2.87. The second kappa shape index (κ2) is 5.48. The van der Waals surface area contributed by atoms with E-state index < -0.39 is 28.9 Å². The first kappa shape index (κ1) is 14.3. The van der Waals surface area contributed by atoms with Gasteiger partial charge in [-0.2, -0.15) is 0 Å². The third kappa shape index (κ3) is 2.59. The Balaban J connectivity index is 2.04. The van der Waals surface area contributed by atoms with Crippen molar-refractivity contribution < 1.29 is 24.2 Å². The molecule has 1 aromatic rings. The topological polar surface area (TPSA) is 86.6 Å². The number of benzene rings is 1. The zero-order chi connectivity index (χ0) is 14.8. The van der Waals surface area contributed by atoms with Crippen molar-refractivity contribution in [3.8, 4) is 5.75 Å². The zero-order valence-electron chi connectivity index (χ0n) is 10.9. The molecule has 0 spiro atoms. The number of halogens is 1. The van der Waals surface area contributed by atoms with E-state index in [2.05, 4.69) is 5.32 Å². The van der Waals surface area contributed by atoms with Gasteiger partial charge in [0.15, 0.2) is 11.6 Å². The molecule has 0 bridgehead atoms. The van der Waals surface area contributed by atoms with Crippen molar-refractivity contribution in [2.24, 2.45) is 5.41 Å². The highest BCUT2D eigenvalue weighted by atomic mass is 19.1. The Labute approximate surface area is 115 Å². The summed E-state index contributed by atoms with van der Waals surface area (Å²) in [4.78, 5) is 23.4. The lowest BCUT2D eigenvalue weighted by Crippen LogP contribution is -2.44. The van der Waals surface area contributed by atoms with Crippen LogP contribution in [0.5, 0.6) is 5.75 Å². The minimum Gasteiger partial charge on any atom is -0.505 e. The Morgan fingerprint density at radius 2 is 1.95 bits per heavy atom. The Hall–Kier alpha value is -2.11. The molecular weight excluding hydrogens is 265 g/mol. The molecule has 1 aromatic carbocycles. The second-order valence-corrected chi connectivity index (χ2v) is 5.06. The van der Waals surface area contributed by atoms with Gasteiger partial charge in [0.05, 0.1) is 0 Å². The van der Waals surface area contributed by atoms with Crippen LogP contribution >= 0.6 is 0 Å². The van der Waals surface area contributed by atoms with Crippen molar-refractivity contribution in [3.05, 3.63) is 29.6 Å². The number of hydrogen-bond donors (Lipinski definition) is 3. The maximum Gasteiger partial charge on any atom is 0.319 e. The number of nitrogens with one attached hydrogen (secondary N) is 1. The average molecular weight is 281 g/mol. The van der Waals surface area contributed by atoms with Crippen LogP contribution in [0.25, 0.3) is 0 Å². The summed E-state index contributed by atoms with van der Waals surface area (Å²) < 4.78 is 13.2. The highest BCUT2D eigenvalue weighted by Crippen LogP contribution is 2.38. The first-order valence-corrected chi connectivity index (χ1v) is 6.45. The third-order valence-electron chi connectivity index (χ3n) is 3.77. The maximum atomic E-state index is 13.2. The first-order chi connectivity index (χ1) is 9.45. The molecule has 0 aromatic heterocycles. The fraction of sp³-hybridized carbons (Fsp3) is 0.429. The number of aliphatic carboxylic acids is 1. The molecule has 0 unspecified atom stereocenters. The Morgan fingerprint density at radius 1 is 1.30 bits per heavy atom. The molecule has 6 heteroatoms. The molecule has 2 rings (SSSR count). The van der Waals surface area contributed by atoms with Crippen LogP contribution < -0.4 is 5.32 Å². The molecule has 1 aliphatic rings. The largest absolute Gasteiger partial charge is 0.505 e. The highest BCUT2D eigenvalue weighted by Gasteiger charge is 2.47. The summed E-state index contributed by atoms with van der Waals surface area (Å²) in [6.45, 7) is 0.0328. The van der Waals surface area contributed by atoms with E-state index in [-0.39, 0.29) is 6.54 Å².